The summed E-state index contributed by atoms with van der Waals surface area (Å²) in [5.74, 6) is 1.39. The average Bonchev–Trinajstić information content (AvgIpc) is 3.38. The molecule has 1 aliphatic heterocycles. The summed E-state index contributed by atoms with van der Waals surface area (Å²) in [4.78, 5) is 15.6. The van der Waals surface area contributed by atoms with E-state index in [1.165, 1.54) is 0 Å². The van der Waals surface area contributed by atoms with Gasteiger partial charge in [-0.2, -0.15) is 5.10 Å². The Bertz CT molecular complexity index is 1410. The molecule has 7 heteroatoms. The van der Waals surface area contributed by atoms with Gasteiger partial charge in [0.25, 0.3) is 5.91 Å². The highest BCUT2D eigenvalue weighted by molar-refractivity contribution is 6.01. The van der Waals surface area contributed by atoms with Crippen LogP contribution in [0.25, 0.3) is 22.5 Å². The fourth-order valence-corrected chi connectivity index (χ4v) is 4.40. The third-order valence-electron chi connectivity index (χ3n) is 6.36. The zero-order valence-corrected chi connectivity index (χ0v) is 20.2. The first-order valence-electron chi connectivity index (χ1n) is 11.7. The van der Waals surface area contributed by atoms with E-state index < -0.39 is 0 Å². The number of methoxy groups -OCH3 is 2. The minimum absolute atomic E-state index is 0.0916. The summed E-state index contributed by atoms with van der Waals surface area (Å²) in [6, 6.07) is 22.4. The zero-order chi connectivity index (χ0) is 25.1. The van der Waals surface area contributed by atoms with E-state index in [1.54, 1.807) is 43.3 Å². The Morgan fingerprint density at radius 1 is 0.972 bits per heavy atom. The van der Waals surface area contributed by atoms with Gasteiger partial charge in [0.2, 0.25) is 0 Å². The minimum Gasteiger partial charge on any atom is -0.508 e. The Morgan fingerprint density at radius 3 is 2.42 bits per heavy atom. The molecule has 0 saturated heterocycles. The molecule has 2 heterocycles. The van der Waals surface area contributed by atoms with Crippen LogP contribution in [0.4, 0.5) is 0 Å². The largest absolute Gasteiger partial charge is 0.508 e. The monoisotopic (exact) mass is 481 g/mol. The first-order chi connectivity index (χ1) is 17.6. The summed E-state index contributed by atoms with van der Waals surface area (Å²) in [6.45, 7) is 1.08. The highest BCUT2D eigenvalue weighted by atomic mass is 16.5. The van der Waals surface area contributed by atoms with E-state index in [2.05, 4.69) is 6.08 Å². The lowest BCUT2D eigenvalue weighted by molar-refractivity contribution is 0.0773. The maximum absolute atomic E-state index is 13.8. The van der Waals surface area contributed by atoms with E-state index >= 15 is 0 Å². The van der Waals surface area contributed by atoms with Crippen molar-refractivity contribution in [3.8, 4) is 34.2 Å². The number of hydrogen-bond donors (Lipinski definition) is 1. The first kappa shape index (κ1) is 23.2. The fraction of sp³-hybridized carbons (Fsp3) is 0.172. The van der Waals surface area contributed by atoms with Crippen molar-refractivity contribution in [3.63, 3.8) is 0 Å². The number of aromatic hydroxyl groups is 1. The molecule has 0 atom stereocenters. The average molecular weight is 482 g/mol. The topological polar surface area (TPSA) is 76.8 Å². The smallest absolute Gasteiger partial charge is 0.258 e. The highest BCUT2D eigenvalue weighted by Gasteiger charge is 2.26. The lowest BCUT2D eigenvalue weighted by atomic mass is 9.98. The van der Waals surface area contributed by atoms with Crippen molar-refractivity contribution >= 4 is 11.5 Å². The van der Waals surface area contributed by atoms with Crippen LogP contribution in [0.1, 0.15) is 22.3 Å². The van der Waals surface area contributed by atoms with E-state index in [1.807, 2.05) is 59.5 Å². The van der Waals surface area contributed by atoms with Gasteiger partial charge in [-0.3, -0.25) is 4.79 Å². The van der Waals surface area contributed by atoms with Crippen LogP contribution in [-0.4, -0.2) is 53.0 Å². The SMILES string of the molecule is COc1ccc(-c2nn(-c3ccccc3)cc2C(=O)N2CC=C(c3ccc(O)cc3)CC2)c(OC)c1. The quantitative estimate of drug-likeness (QED) is 0.410. The summed E-state index contributed by atoms with van der Waals surface area (Å²) in [7, 11) is 3.19. The second-order valence-electron chi connectivity index (χ2n) is 8.52. The normalized spacial score (nSPS) is 13.3. The summed E-state index contributed by atoms with van der Waals surface area (Å²) in [6.07, 6.45) is 4.59. The van der Waals surface area contributed by atoms with Gasteiger partial charge in [0, 0.05) is 30.9 Å². The molecule has 1 N–H and O–H groups in total. The van der Waals surface area contributed by atoms with Crippen molar-refractivity contribution in [2.45, 2.75) is 6.42 Å². The van der Waals surface area contributed by atoms with Crippen molar-refractivity contribution in [3.05, 3.63) is 96.2 Å². The number of aromatic nitrogens is 2. The molecular weight excluding hydrogens is 454 g/mol. The van der Waals surface area contributed by atoms with Gasteiger partial charge in [-0.25, -0.2) is 4.68 Å². The van der Waals surface area contributed by atoms with Gasteiger partial charge < -0.3 is 19.5 Å². The molecule has 0 saturated carbocycles. The van der Waals surface area contributed by atoms with Gasteiger partial charge in [0.1, 0.15) is 22.9 Å². The lowest BCUT2D eigenvalue weighted by Gasteiger charge is -2.26. The predicted octanol–water partition coefficient (Wildman–Crippen LogP) is 5.19. The molecule has 0 fully saturated rings. The van der Waals surface area contributed by atoms with Crippen LogP contribution in [0.15, 0.2) is 85.1 Å². The van der Waals surface area contributed by atoms with Crippen molar-refractivity contribution in [2.24, 2.45) is 0 Å². The summed E-state index contributed by atoms with van der Waals surface area (Å²) < 4.78 is 12.7. The number of amides is 1. The molecule has 1 amide bonds. The van der Waals surface area contributed by atoms with Gasteiger partial charge in [-0.05, 0) is 54.0 Å². The van der Waals surface area contributed by atoms with Crippen LogP contribution >= 0.6 is 0 Å². The number of nitrogens with zero attached hydrogens (tertiary/aromatic N) is 3. The van der Waals surface area contributed by atoms with Gasteiger partial charge in [-0.1, -0.05) is 36.4 Å². The van der Waals surface area contributed by atoms with Gasteiger partial charge in [-0.15, -0.1) is 0 Å². The number of phenols is 1. The predicted molar refractivity (Wildman–Crippen MR) is 139 cm³/mol. The van der Waals surface area contributed by atoms with Gasteiger partial charge >= 0.3 is 0 Å². The minimum atomic E-state index is -0.0916. The molecule has 0 aliphatic carbocycles. The Morgan fingerprint density at radius 2 is 1.75 bits per heavy atom. The fourth-order valence-electron chi connectivity index (χ4n) is 4.40. The van der Waals surface area contributed by atoms with Crippen LogP contribution in [0.2, 0.25) is 0 Å². The summed E-state index contributed by atoms with van der Waals surface area (Å²) >= 11 is 0. The number of phenolic OH excluding ortho intramolecular Hbond substituents is 1. The number of carbonyl (C=O) groups excluding carboxylic acids is 1. The molecule has 1 aliphatic rings. The van der Waals surface area contributed by atoms with E-state index in [0.29, 0.717) is 41.4 Å². The van der Waals surface area contributed by atoms with E-state index in [-0.39, 0.29) is 11.7 Å². The molecular formula is C29H27N3O4. The second-order valence-corrected chi connectivity index (χ2v) is 8.52. The third-order valence-corrected chi connectivity index (χ3v) is 6.36. The van der Waals surface area contributed by atoms with Gasteiger partial charge in [0.05, 0.1) is 25.5 Å². The van der Waals surface area contributed by atoms with Crippen LogP contribution in [-0.2, 0) is 0 Å². The van der Waals surface area contributed by atoms with Crippen LogP contribution in [0.5, 0.6) is 17.2 Å². The molecule has 7 nitrogen and oxygen atoms in total. The molecule has 36 heavy (non-hydrogen) atoms. The van der Waals surface area contributed by atoms with Crippen molar-refractivity contribution in [1.82, 2.24) is 14.7 Å². The number of ether oxygens (including phenoxy) is 2. The second kappa shape index (κ2) is 10.00. The summed E-state index contributed by atoms with van der Waals surface area (Å²) in [5, 5.41) is 14.4. The molecule has 0 unspecified atom stereocenters. The van der Waals surface area contributed by atoms with Crippen molar-refractivity contribution in [1.29, 1.82) is 0 Å². The number of rotatable bonds is 6. The van der Waals surface area contributed by atoms with Crippen LogP contribution in [0, 0.1) is 0 Å². The molecule has 0 radical (unpaired) electrons. The maximum atomic E-state index is 13.8. The van der Waals surface area contributed by atoms with E-state index in [0.717, 1.165) is 23.2 Å². The van der Waals surface area contributed by atoms with Crippen molar-refractivity contribution < 1.29 is 19.4 Å². The number of carbonyl (C=O) groups is 1. The third kappa shape index (κ3) is 4.55. The highest BCUT2D eigenvalue weighted by Crippen LogP contribution is 2.36. The molecule has 3 aromatic carbocycles. The van der Waals surface area contributed by atoms with E-state index in [4.69, 9.17) is 14.6 Å². The molecule has 4 aromatic rings. The van der Waals surface area contributed by atoms with E-state index in [9.17, 15) is 9.90 Å². The standard InChI is InChI=1S/C29H27N3O4/c1-35-24-12-13-25(27(18-24)36-2)28-26(19-32(30-28)22-6-4-3-5-7-22)29(34)31-16-14-21(15-17-31)20-8-10-23(33)11-9-20/h3-14,18-19,33H,15-17H2,1-2H3. The van der Waals surface area contributed by atoms with Crippen LogP contribution < -0.4 is 9.47 Å². The molecule has 0 bridgehead atoms. The summed E-state index contributed by atoms with van der Waals surface area (Å²) in [5.41, 5.74) is 4.85. The molecule has 182 valence electrons. The first-order valence-corrected chi connectivity index (χ1v) is 11.7. The van der Waals surface area contributed by atoms with Gasteiger partial charge in [0.15, 0.2) is 0 Å². The number of benzene rings is 3. The molecule has 0 spiro atoms. The van der Waals surface area contributed by atoms with Crippen LogP contribution in [0.3, 0.4) is 0 Å². The Labute approximate surface area is 209 Å². The Kier molecular flexibility index (Phi) is 6.45. The number of para-hydroxylation sites is 1. The Hall–Kier alpha value is -4.52. The molecule has 5 rings (SSSR count). The zero-order valence-electron chi connectivity index (χ0n) is 20.2. The number of hydrogen-bond acceptors (Lipinski definition) is 5. The Balaban J connectivity index is 1.51. The maximum Gasteiger partial charge on any atom is 0.258 e. The van der Waals surface area contributed by atoms with Crippen molar-refractivity contribution in [2.75, 3.05) is 27.3 Å². The molecule has 1 aromatic heterocycles. The lowest BCUT2D eigenvalue weighted by Crippen LogP contribution is -2.34.